The number of aromatic nitrogens is 2. The number of thioether (sulfide) groups is 1. The van der Waals surface area contributed by atoms with Crippen LogP contribution in [-0.2, 0) is 0 Å². The van der Waals surface area contributed by atoms with Crippen molar-refractivity contribution >= 4 is 23.6 Å². The second kappa shape index (κ2) is 9.46. The van der Waals surface area contributed by atoms with Gasteiger partial charge in [0, 0.05) is 56.6 Å². The SMILES string of the molecule is CN=C(NCCNC(=O)c1cnccn1)N1CCSC(C(C)C)C1. The van der Waals surface area contributed by atoms with Crippen LogP contribution in [0.1, 0.15) is 24.3 Å². The van der Waals surface area contributed by atoms with E-state index in [1.165, 1.54) is 12.4 Å². The smallest absolute Gasteiger partial charge is 0.271 e. The van der Waals surface area contributed by atoms with E-state index in [0.717, 1.165) is 24.8 Å². The number of carbonyl (C=O) groups is 1. The number of carbonyl (C=O) groups excluding carboxylic acids is 1. The molecular formula is C16H26N6OS. The Kier molecular flexibility index (Phi) is 7.30. The number of amides is 1. The second-order valence-electron chi connectivity index (χ2n) is 5.92. The number of nitrogens with zero attached hydrogens (tertiary/aromatic N) is 4. The van der Waals surface area contributed by atoms with Crippen molar-refractivity contribution in [2.24, 2.45) is 10.9 Å². The van der Waals surface area contributed by atoms with Crippen molar-refractivity contribution in [2.45, 2.75) is 19.1 Å². The topological polar surface area (TPSA) is 82.5 Å². The van der Waals surface area contributed by atoms with Crippen LogP contribution in [0.15, 0.2) is 23.6 Å². The summed E-state index contributed by atoms with van der Waals surface area (Å²) < 4.78 is 0. The summed E-state index contributed by atoms with van der Waals surface area (Å²) in [5, 5.41) is 6.78. The van der Waals surface area contributed by atoms with E-state index in [1.807, 2.05) is 11.8 Å². The molecule has 0 aromatic carbocycles. The molecule has 7 nitrogen and oxygen atoms in total. The predicted molar refractivity (Wildman–Crippen MR) is 98.4 cm³/mol. The lowest BCUT2D eigenvalue weighted by Gasteiger charge is -2.36. The molecule has 0 bridgehead atoms. The van der Waals surface area contributed by atoms with Gasteiger partial charge in [-0.15, -0.1) is 0 Å². The van der Waals surface area contributed by atoms with Gasteiger partial charge in [0.25, 0.3) is 5.91 Å². The van der Waals surface area contributed by atoms with E-state index >= 15 is 0 Å². The average molecular weight is 350 g/mol. The Hall–Kier alpha value is -1.83. The molecule has 0 aliphatic carbocycles. The second-order valence-corrected chi connectivity index (χ2v) is 7.27. The van der Waals surface area contributed by atoms with E-state index in [0.29, 0.717) is 30.0 Å². The van der Waals surface area contributed by atoms with Crippen molar-refractivity contribution in [1.29, 1.82) is 0 Å². The molecule has 1 amide bonds. The molecule has 1 aromatic rings. The van der Waals surface area contributed by atoms with E-state index in [2.05, 4.69) is 44.3 Å². The highest BCUT2D eigenvalue weighted by atomic mass is 32.2. The Bertz CT molecular complexity index is 551. The zero-order valence-corrected chi connectivity index (χ0v) is 15.3. The summed E-state index contributed by atoms with van der Waals surface area (Å²) in [5.41, 5.74) is 0.328. The minimum absolute atomic E-state index is 0.214. The van der Waals surface area contributed by atoms with Crippen LogP contribution < -0.4 is 10.6 Å². The fraction of sp³-hybridized carbons (Fsp3) is 0.625. The molecule has 1 unspecified atom stereocenters. The summed E-state index contributed by atoms with van der Waals surface area (Å²) in [5.74, 6) is 2.46. The molecule has 1 atom stereocenters. The zero-order valence-electron chi connectivity index (χ0n) is 14.5. The lowest BCUT2D eigenvalue weighted by atomic mass is 10.1. The fourth-order valence-electron chi connectivity index (χ4n) is 2.46. The summed E-state index contributed by atoms with van der Waals surface area (Å²) in [6, 6.07) is 0. The molecule has 0 radical (unpaired) electrons. The summed E-state index contributed by atoms with van der Waals surface area (Å²) in [7, 11) is 1.80. The van der Waals surface area contributed by atoms with Gasteiger partial charge in [0.1, 0.15) is 5.69 Å². The van der Waals surface area contributed by atoms with Crippen molar-refractivity contribution in [1.82, 2.24) is 25.5 Å². The molecule has 2 heterocycles. The average Bonchev–Trinajstić information content (AvgIpc) is 2.62. The fourth-order valence-corrected chi connectivity index (χ4v) is 3.76. The van der Waals surface area contributed by atoms with Gasteiger partial charge in [-0.25, -0.2) is 4.98 Å². The van der Waals surface area contributed by atoms with Crippen LogP contribution in [0.4, 0.5) is 0 Å². The third-order valence-electron chi connectivity index (χ3n) is 3.84. The van der Waals surface area contributed by atoms with Crippen molar-refractivity contribution in [3.8, 4) is 0 Å². The molecule has 0 spiro atoms. The van der Waals surface area contributed by atoms with Crippen LogP contribution in [-0.4, -0.2) is 71.0 Å². The first-order valence-corrected chi connectivity index (χ1v) is 9.28. The molecular weight excluding hydrogens is 324 g/mol. The molecule has 2 rings (SSSR count). The first-order valence-electron chi connectivity index (χ1n) is 8.23. The van der Waals surface area contributed by atoms with Gasteiger partial charge in [-0.2, -0.15) is 11.8 Å². The third kappa shape index (κ3) is 5.36. The van der Waals surface area contributed by atoms with Gasteiger partial charge in [0.15, 0.2) is 5.96 Å². The largest absolute Gasteiger partial charge is 0.354 e. The Morgan fingerprint density at radius 3 is 2.88 bits per heavy atom. The van der Waals surface area contributed by atoms with Crippen LogP contribution in [0.3, 0.4) is 0 Å². The number of aliphatic imine (C=N–C) groups is 1. The molecule has 1 fully saturated rings. The quantitative estimate of drug-likeness (QED) is 0.466. The lowest BCUT2D eigenvalue weighted by molar-refractivity contribution is 0.0949. The van der Waals surface area contributed by atoms with Gasteiger partial charge in [0.05, 0.1) is 6.20 Å². The zero-order chi connectivity index (χ0) is 17.4. The van der Waals surface area contributed by atoms with E-state index < -0.39 is 0 Å². The highest BCUT2D eigenvalue weighted by Gasteiger charge is 2.24. The van der Waals surface area contributed by atoms with Gasteiger partial charge in [-0.05, 0) is 5.92 Å². The first kappa shape index (κ1) is 18.5. The van der Waals surface area contributed by atoms with Crippen LogP contribution >= 0.6 is 11.8 Å². The van der Waals surface area contributed by atoms with Crippen molar-refractivity contribution in [3.63, 3.8) is 0 Å². The predicted octanol–water partition coefficient (Wildman–Crippen LogP) is 0.855. The maximum absolute atomic E-state index is 11.9. The van der Waals surface area contributed by atoms with Gasteiger partial charge in [-0.1, -0.05) is 13.8 Å². The molecule has 0 saturated carbocycles. The number of hydrogen-bond acceptors (Lipinski definition) is 5. The van der Waals surface area contributed by atoms with Gasteiger partial charge < -0.3 is 15.5 Å². The number of nitrogens with one attached hydrogen (secondary N) is 2. The number of hydrogen-bond donors (Lipinski definition) is 2. The van der Waals surface area contributed by atoms with Gasteiger partial charge in [-0.3, -0.25) is 14.8 Å². The maximum atomic E-state index is 11.9. The summed E-state index contributed by atoms with van der Waals surface area (Å²) in [6.45, 7) is 7.66. The maximum Gasteiger partial charge on any atom is 0.271 e. The van der Waals surface area contributed by atoms with Crippen molar-refractivity contribution in [3.05, 3.63) is 24.3 Å². The molecule has 24 heavy (non-hydrogen) atoms. The van der Waals surface area contributed by atoms with E-state index in [9.17, 15) is 4.79 Å². The highest BCUT2D eigenvalue weighted by molar-refractivity contribution is 8.00. The highest BCUT2D eigenvalue weighted by Crippen LogP contribution is 2.24. The Balaban J connectivity index is 1.75. The van der Waals surface area contributed by atoms with Crippen LogP contribution in [0.5, 0.6) is 0 Å². The lowest BCUT2D eigenvalue weighted by Crippen LogP contribution is -2.50. The van der Waals surface area contributed by atoms with Crippen molar-refractivity contribution in [2.75, 3.05) is 39.0 Å². The molecule has 1 aliphatic heterocycles. The summed E-state index contributed by atoms with van der Waals surface area (Å²) in [6.07, 6.45) is 4.51. The Labute approximate surface area is 147 Å². The molecule has 132 valence electrons. The van der Waals surface area contributed by atoms with Crippen LogP contribution in [0.2, 0.25) is 0 Å². The minimum Gasteiger partial charge on any atom is -0.354 e. The first-order chi connectivity index (χ1) is 11.6. The third-order valence-corrected chi connectivity index (χ3v) is 5.38. The Morgan fingerprint density at radius 1 is 1.42 bits per heavy atom. The molecule has 1 saturated heterocycles. The normalized spacial score (nSPS) is 18.6. The number of rotatable bonds is 5. The molecule has 8 heteroatoms. The van der Waals surface area contributed by atoms with Crippen molar-refractivity contribution < 1.29 is 4.79 Å². The monoisotopic (exact) mass is 350 g/mol. The van der Waals surface area contributed by atoms with Crippen LogP contribution in [0.25, 0.3) is 0 Å². The van der Waals surface area contributed by atoms with Gasteiger partial charge >= 0.3 is 0 Å². The Morgan fingerprint density at radius 2 is 2.21 bits per heavy atom. The number of guanidine groups is 1. The summed E-state index contributed by atoms with van der Waals surface area (Å²) in [4.78, 5) is 26.4. The molecule has 2 N–H and O–H groups in total. The standard InChI is InChI=1S/C16H26N6OS/c1-12(2)14-11-22(8-9-24-14)16(17-3)21-7-6-20-15(23)13-10-18-4-5-19-13/h4-5,10,12,14H,6-9,11H2,1-3H3,(H,17,21)(H,20,23). The van der Waals surface area contributed by atoms with E-state index in [-0.39, 0.29) is 5.91 Å². The molecule has 1 aliphatic rings. The van der Waals surface area contributed by atoms with Gasteiger partial charge in [0.2, 0.25) is 0 Å². The molecule has 1 aromatic heterocycles. The van der Waals surface area contributed by atoms with Crippen LogP contribution in [0, 0.1) is 5.92 Å². The van der Waals surface area contributed by atoms with E-state index in [4.69, 9.17) is 0 Å². The minimum atomic E-state index is -0.214. The van der Waals surface area contributed by atoms with E-state index in [1.54, 1.807) is 13.2 Å². The summed E-state index contributed by atoms with van der Waals surface area (Å²) >= 11 is 2.04.